The number of Topliss-reactive ketones (excluding diaryl/α,β-unsaturated/α-hetero) is 2. The van der Waals surface area contributed by atoms with Crippen molar-refractivity contribution in [2.75, 3.05) is 38.6 Å². The predicted molar refractivity (Wildman–Crippen MR) is 253 cm³/mol. The number of hydrogen-bond acceptors (Lipinski definition) is 17. The topological polar surface area (TPSA) is 243 Å². The van der Waals surface area contributed by atoms with Gasteiger partial charge in [0.15, 0.2) is 23.5 Å². The molecule has 2 aromatic heterocycles. The summed E-state index contributed by atoms with van der Waals surface area (Å²) in [6, 6.07) is 7.08. The summed E-state index contributed by atoms with van der Waals surface area (Å²) in [5.74, 6) is 9.55. The highest BCUT2D eigenvalue weighted by molar-refractivity contribution is 8.13. The zero-order valence-electron chi connectivity index (χ0n) is 38.1. The normalized spacial score (nSPS) is 30.8. The predicted octanol–water partition coefficient (Wildman–Crippen LogP) is 3.93. The number of hydrogen-bond donors (Lipinski definition) is 6. The molecule has 356 valence electrons. The van der Waals surface area contributed by atoms with Crippen LogP contribution >= 0.6 is 23.5 Å². The third-order valence-electron chi connectivity index (χ3n) is 12.2. The van der Waals surface area contributed by atoms with Crippen LogP contribution in [0.1, 0.15) is 51.0 Å². The lowest BCUT2D eigenvalue weighted by Gasteiger charge is -2.51. The van der Waals surface area contributed by atoms with Gasteiger partial charge in [0.2, 0.25) is 5.78 Å². The lowest BCUT2D eigenvalue weighted by Crippen LogP contribution is -2.69. The molecule has 2 saturated heterocycles. The molecule has 7 rings (SSSR count). The second-order valence-electron chi connectivity index (χ2n) is 16.7. The minimum atomic E-state index is -1.78. The van der Waals surface area contributed by atoms with Gasteiger partial charge in [0.05, 0.1) is 55.2 Å². The molecule has 0 saturated carbocycles. The van der Waals surface area contributed by atoms with Crippen LogP contribution in [0.2, 0.25) is 0 Å². The molecular formula is C48H55N5O12S2. The molecule has 1 amide bonds. The average Bonchev–Trinajstić information content (AvgIpc) is 3.67. The van der Waals surface area contributed by atoms with E-state index in [2.05, 4.69) is 44.3 Å². The highest BCUT2D eigenvalue weighted by Gasteiger charge is 2.61. The van der Waals surface area contributed by atoms with Crippen LogP contribution < -0.4 is 16.4 Å². The highest BCUT2D eigenvalue weighted by atomic mass is 32.2. The van der Waals surface area contributed by atoms with Gasteiger partial charge in [-0.05, 0) is 55.2 Å². The summed E-state index contributed by atoms with van der Waals surface area (Å²) in [4.78, 5) is 62.0. The maximum Gasteiger partial charge on any atom is 0.411 e. The molecule has 67 heavy (non-hydrogen) atoms. The Balaban J connectivity index is 1.35. The largest absolute Gasteiger partial charge is 0.453 e. The summed E-state index contributed by atoms with van der Waals surface area (Å²) in [6.45, 7) is 7.24. The Kier molecular flexibility index (Phi) is 16.0. The number of methoxy groups -OCH3 is 2. The van der Waals surface area contributed by atoms with Gasteiger partial charge >= 0.3 is 6.09 Å². The van der Waals surface area contributed by atoms with Gasteiger partial charge in [0.25, 0.3) is 0 Å². The number of ketones is 2. The Morgan fingerprint density at radius 2 is 1.91 bits per heavy atom. The van der Waals surface area contributed by atoms with Gasteiger partial charge in [-0.15, -0.1) is 11.8 Å². The minimum Gasteiger partial charge on any atom is -0.453 e. The van der Waals surface area contributed by atoms with E-state index in [0.29, 0.717) is 16.6 Å². The number of aliphatic hydroxyl groups excluding tert-OH is 2. The van der Waals surface area contributed by atoms with Gasteiger partial charge < -0.3 is 54.7 Å². The van der Waals surface area contributed by atoms with Crippen molar-refractivity contribution in [2.45, 2.75) is 107 Å². The Hall–Kier alpha value is -5.03. The van der Waals surface area contributed by atoms with Crippen LogP contribution in [-0.2, 0) is 38.0 Å². The summed E-state index contributed by atoms with van der Waals surface area (Å²) in [6.07, 6.45) is -3.45. The van der Waals surface area contributed by atoms with Gasteiger partial charge in [-0.3, -0.25) is 24.7 Å². The first kappa shape index (κ1) is 49.9. The van der Waals surface area contributed by atoms with E-state index in [1.165, 1.54) is 25.3 Å². The number of rotatable bonds is 13. The number of benzene rings is 1. The smallest absolute Gasteiger partial charge is 0.411 e. The van der Waals surface area contributed by atoms with E-state index in [4.69, 9.17) is 34.2 Å². The van der Waals surface area contributed by atoms with Crippen LogP contribution in [0, 0.1) is 29.6 Å². The van der Waals surface area contributed by atoms with Gasteiger partial charge in [-0.1, -0.05) is 55.4 Å². The molecule has 2 aliphatic carbocycles. The number of allylic oxidation sites excluding steroid dienone is 3. The van der Waals surface area contributed by atoms with Crippen LogP contribution in [0.25, 0.3) is 21.8 Å². The first-order valence-electron chi connectivity index (χ1n) is 21.7. The van der Waals surface area contributed by atoms with E-state index >= 15 is 4.79 Å². The summed E-state index contributed by atoms with van der Waals surface area (Å²) >= 11 is 2.05. The SMILES string of the molecule is COC(=O)NC1=C2C#C/C=C\C#C[C@H](OC3OC(C)C(SC)(C(=O)c4nccc5c4[nH]c4ccc(N)cc45)C(O)C3OC3CC(OC)C(NC(C)C)CO3)C2/C(=C\CSC(C)=O)[C@@H](O)CC1=O. The summed E-state index contributed by atoms with van der Waals surface area (Å²) in [5.41, 5.74) is 7.93. The molecule has 4 aliphatic rings. The Morgan fingerprint density at radius 3 is 2.63 bits per heavy atom. The fourth-order valence-electron chi connectivity index (χ4n) is 9.04. The van der Waals surface area contributed by atoms with Gasteiger partial charge in [0.1, 0.15) is 28.8 Å². The van der Waals surface area contributed by atoms with Crippen LogP contribution in [-0.4, -0.2) is 142 Å². The zero-order chi connectivity index (χ0) is 48.2. The lowest BCUT2D eigenvalue weighted by atomic mass is 9.82. The molecule has 4 heterocycles. The quantitative estimate of drug-likeness (QED) is 0.0616. The second kappa shape index (κ2) is 21.5. The first-order chi connectivity index (χ1) is 32.1. The molecule has 1 aromatic carbocycles. The lowest BCUT2D eigenvalue weighted by molar-refractivity contribution is -0.326. The van der Waals surface area contributed by atoms with Crippen LogP contribution in [0.4, 0.5) is 10.5 Å². The van der Waals surface area contributed by atoms with Crippen molar-refractivity contribution in [3.05, 3.63) is 71.2 Å². The number of carbonyl (C=O) groups excluding carboxylic acids is 4. The number of nitrogens with zero attached hydrogens (tertiary/aromatic N) is 1. The molecule has 17 nitrogen and oxygen atoms in total. The minimum absolute atomic E-state index is 0.0360. The Morgan fingerprint density at radius 1 is 1.13 bits per heavy atom. The molecule has 0 spiro atoms. The fourth-order valence-corrected chi connectivity index (χ4v) is 10.6. The van der Waals surface area contributed by atoms with Gasteiger partial charge in [-0.25, -0.2) is 4.79 Å². The third kappa shape index (κ3) is 10.4. The third-order valence-corrected chi connectivity index (χ3v) is 14.3. The van der Waals surface area contributed by atoms with Gasteiger partial charge in [0, 0.05) is 72.4 Å². The zero-order valence-corrected chi connectivity index (χ0v) is 39.7. The number of anilines is 1. The maximum atomic E-state index is 15.4. The maximum absolute atomic E-state index is 15.4. The van der Waals surface area contributed by atoms with Crippen molar-refractivity contribution in [3.8, 4) is 23.7 Å². The molecule has 19 heteroatoms. The number of carbonyl (C=O) groups is 4. The number of nitrogens with two attached hydrogens (primary N) is 1. The monoisotopic (exact) mass is 957 g/mol. The van der Waals surface area contributed by atoms with E-state index in [9.17, 15) is 24.6 Å². The second-order valence-corrected chi connectivity index (χ2v) is 19.0. The number of fused-ring (bicyclic) bond motifs is 4. The van der Waals surface area contributed by atoms with Crippen molar-refractivity contribution >= 4 is 73.8 Å². The fraction of sp³-hybridized carbons (Fsp3) is 0.479. The number of thioether (sulfide) groups is 2. The number of ether oxygens (including phenoxy) is 6. The Bertz CT molecular complexity index is 2630. The van der Waals surface area contributed by atoms with Crippen LogP contribution in [0.5, 0.6) is 0 Å². The molecule has 0 radical (unpaired) electrons. The van der Waals surface area contributed by atoms with Crippen molar-refractivity contribution in [1.82, 2.24) is 20.6 Å². The van der Waals surface area contributed by atoms with E-state index < -0.39 is 77.8 Å². The number of H-pyrrole nitrogens is 1. The highest BCUT2D eigenvalue weighted by Crippen LogP contribution is 2.46. The number of nitrogens with one attached hydrogen (secondary N) is 3. The number of pyridine rings is 1. The number of amides is 1. The van der Waals surface area contributed by atoms with Crippen molar-refractivity contribution < 1.29 is 57.8 Å². The number of nitrogen functional groups attached to an aromatic ring is 1. The van der Waals surface area contributed by atoms with Crippen LogP contribution in [0.15, 0.2) is 65.5 Å². The van der Waals surface area contributed by atoms with E-state index in [0.717, 1.165) is 41.5 Å². The molecule has 7 N–H and O–H groups in total. The number of aliphatic hydroxyl groups is 2. The van der Waals surface area contributed by atoms with Crippen molar-refractivity contribution in [1.29, 1.82) is 0 Å². The Labute approximate surface area is 396 Å². The molecule has 3 aromatic rings. The van der Waals surface area contributed by atoms with Crippen LogP contribution in [0.3, 0.4) is 0 Å². The molecule has 2 fully saturated rings. The summed E-state index contributed by atoms with van der Waals surface area (Å²) in [7, 11) is 2.73. The van der Waals surface area contributed by atoms with Crippen molar-refractivity contribution in [2.24, 2.45) is 5.92 Å². The van der Waals surface area contributed by atoms with E-state index in [1.54, 1.807) is 44.6 Å². The van der Waals surface area contributed by atoms with E-state index in [-0.39, 0.29) is 64.6 Å². The number of alkyl carbamates (subject to hydrolysis) is 1. The molecule has 9 unspecified atom stereocenters. The van der Waals surface area contributed by atoms with Crippen molar-refractivity contribution in [3.63, 3.8) is 0 Å². The number of aromatic amines is 1. The first-order valence-corrected chi connectivity index (χ1v) is 23.9. The van der Waals surface area contributed by atoms with E-state index in [1.807, 2.05) is 19.9 Å². The molecule has 0 bridgehead atoms. The molecule has 11 atom stereocenters. The summed E-state index contributed by atoms with van der Waals surface area (Å²) in [5, 5.41) is 32.0. The number of aromatic nitrogens is 2. The molecule has 2 aliphatic heterocycles. The standard InChI is InChI=1S/C48H55N5O12S2/c1-24(2)51-33-23-62-38(22-37(33)60-5)65-43-45(58)48(66-7,44(57)42-41-28(16-18-50-42)31-20-27(49)14-15-32(31)52-41)25(3)63-46(43)64-36-13-11-9-8-10-12-30-39(36)29(17-19-67-26(4)54)34(55)21-35(56)40(30)53-47(59)61-6/h8-9,14-18,20,24-25,33-34,36-39,43,45-46,51-52,55,58H,19,21-23,49H2,1-7H3,(H,53,59)/b9-8-,29-17-/t25?,33?,34-,36-,37?,38?,39?,43?,45?,46?,48?/m0/s1. The summed E-state index contributed by atoms with van der Waals surface area (Å²) < 4.78 is 35.7. The average molecular weight is 958 g/mol. The molecular weight excluding hydrogens is 903 g/mol. The van der Waals surface area contributed by atoms with Gasteiger partial charge in [-0.2, -0.15) is 0 Å².